The van der Waals surface area contributed by atoms with Gasteiger partial charge < -0.3 is 15.2 Å². The molecule has 0 saturated heterocycles. The Labute approximate surface area is 152 Å². The summed E-state index contributed by atoms with van der Waals surface area (Å²) in [4.78, 5) is 37.2. The fraction of sp³-hybridized carbons (Fsp3) is 0.350. The Kier molecular flexibility index (Phi) is 5.51. The molecule has 0 unspecified atom stereocenters. The molecule has 1 fully saturated rings. The van der Waals surface area contributed by atoms with Crippen LogP contribution in [0.1, 0.15) is 41.7 Å². The summed E-state index contributed by atoms with van der Waals surface area (Å²) in [5.41, 5.74) is 0.932. The van der Waals surface area contributed by atoms with E-state index in [1.54, 1.807) is 43.3 Å². The number of anilines is 1. The standard InChI is InChI=1S/C20H23N3O3/c1-14-11-12-17(22-19(25)15-7-3-2-4-8-15)20(26)23(14)13-18(24)21-16-9-5-6-10-16/h2-4,7-8,11-12,16H,5-6,9-10,13H2,1H3,(H,21,24)(H,22,25). The van der Waals surface area contributed by atoms with Gasteiger partial charge in [-0.3, -0.25) is 14.4 Å². The molecule has 1 aliphatic carbocycles. The number of nitrogens with one attached hydrogen (secondary N) is 2. The number of aromatic nitrogens is 1. The van der Waals surface area contributed by atoms with Crippen molar-refractivity contribution in [1.29, 1.82) is 0 Å². The van der Waals surface area contributed by atoms with E-state index in [1.807, 2.05) is 6.07 Å². The maximum atomic E-state index is 12.7. The van der Waals surface area contributed by atoms with Crippen molar-refractivity contribution in [2.24, 2.45) is 0 Å². The average Bonchev–Trinajstić information content (AvgIpc) is 3.14. The summed E-state index contributed by atoms with van der Waals surface area (Å²) >= 11 is 0. The Morgan fingerprint density at radius 3 is 2.46 bits per heavy atom. The van der Waals surface area contributed by atoms with Crippen molar-refractivity contribution in [2.75, 3.05) is 5.32 Å². The number of nitrogens with zero attached hydrogens (tertiary/aromatic N) is 1. The first kappa shape index (κ1) is 17.9. The van der Waals surface area contributed by atoms with Crippen LogP contribution in [0.15, 0.2) is 47.3 Å². The van der Waals surface area contributed by atoms with Gasteiger partial charge in [0.2, 0.25) is 5.91 Å². The first-order valence-corrected chi connectivity index (χ1v) is 8.91. The van der Waals surface area contributed by atoms with Crippen LogP contribution in [0.25, 0.3) is 0 Å². The quantitative estimate of drug-likeness (QED) is 0.866. The number of aryl methyl sites for hydroxylation is 1. The molecule has 1 heterocycles. The van der Waals surface area contributed by atoms with Crippen molar-refractivity contribution >= 4 is 17.5 Å². The molecule has 136 valence electrons. The van der Waals surface area contributed by atoms with Crippen LogP contribution < -0.4 is 16.2 Å². The third kappa shape index (κ3) is 4.20. The monoisotopic (exact) mass is 353 g/mol. The van der Waals surface area contributed by atoms with Gasteiger partial charge in [0.25, 0.3) is 11.5 Å². The second kappa shape index (κ2) is 7.99. The highest BCUT2D eigenvalue weighted by Gasteiger charge is 2.18. The number of hydrogen-bond acceptors (Lipinski definition) is 3. The number of amides is 2. The van der Waals surface area contributed by atoms with Gasteiger partial charge in [0.05, 0.1) is 0 Å². The van der Waals surface area contributed by atoms with Gasteiger partial charge in [-0.1, -0.05) is 31.0 Å². The molecule has 1 saturated carbocycles. The fourth-order valence-corrected chi connectivity index (χ4v) is 3.23. The normalized spacial score (nSPS) is 14.2. The summed E-state index contributed by atoms with van der Waals surface area (Å²) in [5.74, 6) is -0.526. The minimum Gasteiger partial charge on any atom is -0.352 e. The summed E-state index contributed by atoms with van der Waals surface area (Å²) < 4.78 is 1.39. The predicted molar refractivity (Wildman–Crippen MR) is 100 cm³/mol. The molecule has 0 bridgehead atoms. The first-order chi connectivity index (χ1) is 12.5. The van der Waals surface area contributed by atoms with Crippen LogP contribution in [0.2, 0.25) is 0 Å². The van der Waals surface area contributed by atoms with E-state index in [4.69, 9.17) is 0 Å². The first-order valence-electron chi connectivity index (χ1n) is 8.91. The van der Waals surface area contributed by atoms with Gasteiger partial charge in [-0.2, -0.15) is 0 Å². The van der Waals surface area contributed by atoms with Crippen LogP contribution in [-0.2, 0) is 11.3 Å². The zero-order valence-electron chi connectivity index (χ0n) is 14.8. The molecule has 2 N–H and O–H groups in total. The Hall–Kier alpha value is -2.89. The van der Waals surface area contributed by atoms with E-state index in [9.17, 15) is 14.4 Å². The lowest BCUT2D eigenvalue weighted by Gasteiger charge is -2.15. The minimum absolute atomic E-state index is 0.0454. The van der Waals surface area contributed by atoms with Gasteiger partial charge in [-0.15, -0.1) is 0 Å². The SMILES string of the molecule is Cc1ccc(NC(=O)c2ccccc2)c(=O)n1CC(=O)NC1CCCC1. The maximum absolute atomic E-state index is 12.7. The summed E-state index contributed by atoms with van der Waals surface area (Å²) in [7, 11) is 0. The molecule has 1 aliphatic rings. The van der Waals surface area contributed by atoms with E-state index in [2.05, 4.69) is 10.6 Å². The second-order valence-electron chi connectivity index (χ2n) is 6.65. The van der Waals surface area contributed by atoms with Crippen LogP contribution in [0.4, 0.5) is 5.69 Å². The number of carbonyl (C=O) groups excluding carboxylic acids is 2. The average molecular weight is 353 g/mol. The Morgan fingerprint density at radius 1 is 1.08 bits per heavy atom. The van der Waals surface area contributed by atoms with E-state index in [1.165, 1.54) is 4.57 Å². The maximum Gasteiger partial charge on any atom is 0.274 e. The molecule has 1 aromatic heterocycles. The molecule has 0 radical (unpaired) electrons. The van der Waals surface area contributed by atoms with Gasteiger partial charge in [0.1, 0.15) is 12.2 Å². The summed E-state index contributed by atoms with van der Waals surface area (Å²) in [6, 6.07) is 12.2. The molecule has 26 heavy (non-hydrogen) atoms. The summed E-state index contributed by atoms with van der Waals surface area (Å²) in [5, 5.41) is 5.62. The van der Waals surface area contributed by atoms with E-state index in [0.717, 1.165) is 25.7 Å². The van der Waals surface area contributed by atoms with Gasteiger partial charge in [0.15, 0.2) is 0 Å². The highest BCUT2D eigenvalue weighted by atomic mass is 16.2. The smallest absolute Gasteiger partial charge is 0.274 e. The molecule has 2 aromatic rings. The zero-order valence-corrected chi connectivity index (χ0v) is 14.8. The van der Waals surface area contributed by atoms with Crippen LogP contribution in [0.5, 0.6) is 0 Å². The van der Waals surface area contributed by atoms with Crippen molar-refractivity contribution in [2.45, 2.75) is 45.2 Å². The molecule has 3 rings (SSSR count). The van der Waals surface area contributed by atoms with E-state index in [0.29, 0.717) is 11.3 Å². The van der Waals surface area contributed by atoms with Crippen molar-refractivity contribution < 1.29 is 9.59 Å². The molecule has 6 heteroatoms. The van der Waals surface area contributed by atoms with Gasteiger partial charge in [0, 0.05) is 17.3 Å². The zero-order chi connectivity index (χ0) is 18.5. The van der Waals surface area contributed by atoms with Crippen LogP contribution in [0.3, 0.4) is 0 Å². The van der Waals surface area contributed by atoms with Crippen molar-refractivity contribution in [1.82, 2.24) is 9.88 Å². The largest absolute Gasteiger partial charge is 0.352 e. The Balaban J connectivity index is 1.74. The van der Waals surface area contributed by atoms with Crippen LogP contribution >= 0.6 is 0 Å². The lowest BCUT2D eigenvalue weighted by molar-refractivity contribution is -0.122. The lowest BCUT2D eigenvalue weighted by Crippen LogP contribution is -2.38. The molecule has 2 amide bonds. The Bertz CT molecular complexity index is 852. The van der Waals surface area contributed by atoms with E-state index in [-0.39, 0.29) is 35.6 Å². The van der Waals surface area contributed by atoms with Crippen molar-refractivity contribution in [3.8, 4) is 0 Å². The second-order valence-corrected chi connectivity index (χ2v) is 6.65. The number of benzene rings is 1. The number of hydrogen-bond donors (Lipinski definition) is 2. The fourth-order valence-electron chi connectivity index (χ4n) is 3.23. The predicted octanol–water partition coefficient (Wildman–Crippen LogP) is 2.47. The Morgan fingerprint density at radius 2 is 1.77 bits per heavy atom. The number of rotatable bonds is 5. The van der Waals surface area contributed by atoms with E-state index < -0.39 is 0 Å². The van der Waals surface area contributed by atoms with E-state index >= 15 is 0 Å². The van der Waals surface area contributed by atoms with Crippen LogP contribution in [0, 0.1) is 6.92 Å². The molecular formula is C20H23N3O3. The van der Waals surface area contributed by atoms with Crippen molar-refractivity contribution in [3.63, 3.8) is 0 Å². The summed E-state index contributed by atoms with van der Waals surface area (Å²) in [6.07, 6.45) is 4.25. The molecule has 0 spiro atoms. The molecule has 0 aliphatic heterocycles. The number of carbonyl (C=O) groups is 2. The third-order valence-corrected chi connectivity index (χ3v) is 4.70. The summed E-state index contributed by atoms with van der Waals surface area (Å²) in [6.45, 7) is 1.73. The highest BCUT2D eigenvalue weighted by molar-refractivity contribution is 6.04. The van der Waals surface area contributed by atoms with Crippen molar-refractivity contribution in [3.05, 3.63) is 64.1 Å². The highest BCUT2D eigenvalue weighted by Crippen LogP contribution is 2.17. The molecule has 0 atom stereocenters. The lowest BCUT2D eigenvalue weighted by atomic mass is 10.2. The van der Waals surface area contributed by atoms with Crippen LogP contribution in [-0.4, -0.2) is 22.4 Å². The molecule has 6 nitrogen and oxygen atoms in total. The third-order valence-electron chi connectivity index (χ3n) is 4.70. The topological polar surface area (TPSA) is 80.2 Å². The molecular weight excluding hydrogens is 330 g/mol. The van der Waals surface area contributed by atoms with Gasteiger partial charge >= 0.3 is 0 Å². The molecule has 1 aromatic carbocycles. The number of pyridine rings is 1. The van der Waals surface area contributed by atoms with Gasteiger partial charge in [-0.25, -0.2) is 0 Å². The minimum atomic E-state index is -0.379. The van der Waals surface area contributed by atoms with Gasteiger partial charge in [-0.05, 0) is 44.0 Å².